The van der Waals surface area contributed by atoms with Crippen LogP contribution in [0.2, 0.25) is 0 Å². The summed E-state index contributed by atoms with van der Waals surface area (Å²) in [7, 11) is 0. The molecule has 0 aliphatic carbocycles. The van der Waals surface area contributed by atoms with Crippen molar-refractivity contribution in [3.63, 3.8) is 0 Å². The molecule has 0 spiro atoms. The summed E-state index contributed by atoms with van der Waals surface area (Å²) in [6, 6.07) is 5.80. The Morgan fingerprint density at radius 3 is 2.33 bits per heavy atom. The fourth-order valence-electron chi connectivity index (χ4n) is 1.69. The van der Waals surface area contributed by atoms with Crippen molar-refractivity contribution in [1.29, 1.82) is 0 Å². The third kappa shape index (κ3) is 1.82. The molecule has 15 heavy (non-hydrogen) atoms. The largest absolute Gasteiger partial charge is 0.358 e. The van der Waals surface area contributed by atoms with E-state index in [1.807, 2.05) is 45.9 Å². The number of hydrogen-bond donors (Lipinski definition) is 0. The molecule has 2 nitrogen and oxygen atoms in total. The van der Waals surface area contributed by atoms with Gasteiger partial charge in [-0.25, -0.2) is 0 Å². The summed E-state index contributed by atoms with van der Waals surface area (Å²) in [6.45, 7) is 7.94. The van der Waals surface area contributed by atoms with Gasteiger partial charge in [-0.2, -0.15) is 0 Å². The number of ketones is 1. The maximum atomic E-state index is 12.0. The molecule has 1 aliphatic heterocycles. The zero-order valence-corrected chi connectivity index (χ0v) is 9.63. The van der Waals surface area contributed by atoms with Crippen LogP contribution < -0.4 is 0 Å². The summed E-state index contributed by atoms with van der Waals surface area (Å²) >= 11 is 0. The van der Waals surface area contributed by atoms with Crippen LogP contribution in [-0.4, -0.2) is 17.5 Å². The molecule has 0 saturated carbocycles. The highest BCUT2D eigenvalue weighted by Gasteiger charge is 2.52. The Labute approximate surface area is 90.3 Å². The molecule has 1 heterocycles. The number of Topliss-reactive ketones (excluding diaryl/α,β-unsaturated/α-hetero) is 1. The molecule has 80 valence electrons. The van der Waals surface area contributed by atoms with E-state index in [-0.39, 0.29) is 17.5 Å². The minimum Gasteiger partial charge on any atom is -0.358 e. The van der Waals surface area contributed by atoms with Crippen molar-refractivity contribution in [3.05, 3.63) is 34.9 Å². The highest BCUT2D eigenvalue weighted by atomic mass is 16.6. The zero-order valence-electron chi connectivity index (χ0n) is 9.63. The number of epoxide rings is 1. The summed E-state index contributed by atoms with van der Waals surface area (Å²) in [5.41, 5.74) is 2.85. The van der Waals surface area contributed by atoms with Crippen molar-refractivity contribution < 1.29 is 9.53 Å². The summed E-state index contributed by atoms with van der Waals surface area (Å²) in [5, 5.41) is 0. The van der Waals surface area contributed by atoms with Gasteiger partial charge in [0, 0.05) is 5.56 Å². The topological polar surface area (TPSA) is 29.6 Å². The van der Waals surface area contributed by atoms with Crippen LogP contribution in [0.15, 0.2) is 18.2 Å². The van der Waals surface area contributed by atoms with Crippen LogP contribution in [0.4, 0.5) is 0 Å². The normalized spacial score (nSPS) is 22.5. The third-order valence-electron chi connectivity index (χ3n) is 3.03. The number of ether oxygens (including phenoxy) is 1. The second-order valence-corrected chi connectivity index (χ2v) is 4.76. The lowest BCUT2D eigenvalue weighted by Crippen LogP contribution is -2.15. The first-order chi connectivity index (χ1) is 6.92. The summed E-state index contributed by atoms with van der Waals surface area (Å²) in [5.74, 6) is 0.100. The highest BCUT2D eigenvalue weighted by molar-refractivity contribution is 6.02. The lowest BCUT2D eigenvalue weighted by Gasteiger charge is -2.03. The highest BCUT2D eigenvalue weighted by Crippen LogP contribution is 2.37. The monoisotopic (exact) mass is 204 g/mol. The molecule has 1 fully saturated rings. The molecule has 0 amide bonds. The first kappa shape index (κ1) is 10.4. The van der Waals surface area contributed by atoms with E-state index in [2.05, 4.69) is 0 Å². The number of carbonyl (C=O) groups is 1. The van der Waals surface area contributed by atoms with Crippen LogP contribution >= 0.6 is 0 Å². The van der Waals surface area contributed by atoms with E-state index in [1.165, 1.54) is 5.56 Å². The van der Waals surface area contributed by atoms with E-state index in [0.717, 1.165) is 11.1 Å². The maximum Gasteiger partial charge on any atom is 0.194 e. The SMILES string of the molecule is Cc1ccc(C(=O)C2OC2(C)C)cc1C. The molecule has 1 atom stereocenters. The van der Waals surface area contributed by atoms with Gasteiger partial charge in [-0.05, 0) is 44.9 Å². The van der Waals surface area contributed by atoms with E-state index in [9.17, 15) is 4.79 Å². The summed E-state index contributed by atoms with van der Waals surface area (Å²) < 4.78 is 5.34. The van der Waals surface area contributed by atoms with Crippen molar-refractivity contribution in [1.82, 2.24) is 0 Å². The minimum atomic E-state index is -0.268. The third-order valence-corrected chi connectivity index (χ3v) is 3.03. The van der Waals surface area contributed by atoms with Crippen molar-refractivity contribution in [2.45, 2.75) is 39.4 Å². The van der Waals surface area contributed by atoms with Gasteiger partial charge in [0.2, 0.25) is 0 Å². The lowest BCUT2D eigenvalue weighted by atomic mass is 9.98. The molecule has 0 N–H and O–H groups in total. The van der Waals surface area contributed by atoms with Crippen molar-refractivity contribution in [3.8, 4) is 0 Å². The second kappa shape index (κ2) is 3.17. The number of benzene rings is 1. The van der Waals surface area contributed by atoms with Crippen molar-refractivity contribution in [2.75, 3.05) is 0 Å². The van der Waals surface area contributed by atoms with Crippen LogP contribution in [0.25, 0.3) is 0 Å². The Kier molecular flexibility index (Phi) is 2.19. The Morgan fingerprint density at radius 1 is 1.27 bits per heavy atom. The van der Waals surface area contributed by atoms with E-state index in [1.54, 1.807) is 0 Å². The van der Waals surface area contributed by atoms with E-state index in [0.29, 0.717) is 0 Å². The van der Waals surface area contributed by atoms with Crippen LogP contribution in [0.1, 0.15) is 35.3 Å². The Morgan fingerprint density at radius 2 is 1.87 bits per heavy atom. The molecule has 0 aromatic heterocycles. The van der Waals surface area contributed by atoms with Gasteiger partial charge in [0.05, 0.1) is 5.60 Å². The molecule has 2 rings (SSSR count). The van der Waals surface area contributed by atoms with Gasteiger partial charge in [-0.15, -0.1) is 0 Å². The fraction of sp³-hybridized carbons (Fsp3) is 0.462. The first-order valence-electron chi connectivity index (χ1n) is 5.21. The van der Waals surface area contributed by atoms with Crippen molar-refractivity contribution in [2.24, 2.45) is 0 Å². The lowest BCUT2D eigenvalue weighted by molar-refractivity contribution is 0.0953. The van der Waals surface area contributed by atoms with E-state index < -0.39 is 0 Å². The fourth-order valence-corrected chi connectivity index (χ4v) is 1.69. The predicted molar refractivity (Wildman–Crippen MR) is 59.2 cm³/mol. The number of carbonyl (C=O) groups excluding carboxylic acids is 1. The molecule has 1 aromatic carbocycles. The van der Waals surface area contributed by atoms with Crippen LogP contribution in [0.5, 0.6) is 0 Å². The van der Waals surface area contributed by atoms with Crippen LogP contribution in [0.3, 0.4) is 0 Å². The molecule has 0 radical (unpaired) electrons. The molecular weight excluding hydrogens is 188 g/mol. The van der Waals surface area contributed by atoms with Gasteiger partial charge < -0.3 is 4.74 Å². The quantitative estimate of drug-likeness (QED) is 0.547. The molecule has 1 unspecified atom stereocenters. The van der Waals surface area contributed by atoms with Crippen LogP contribution in [0, 0.1) is 13.8 Å². The van der Waals surface area contributed by atoms with Crippen molar-refractivity contribution >= 4 is 5.78 Å². The van der Waals surface area contributed by atoms with E-state index >= 15 is 0 Å². The van der Waals surface area contributed by atoms with Gasteiger partial charge in [0.1, 0.15) is 6.10 Å². The molecule has 1 aliphatic rings. The molecule has 1 aromatic rings. The average molecular weight is 204 g/mol. The van der Waals surface area contributed by atoms with Gasteiger partial charge in [0.15, 0.2) is 5.78 Å². The molecular formula is C13H16O2. The zero-order chi connectivity index (χ0) is 11.2. The van der Waals surface area contributed by atoms with Gasteiger partial charge >= 0.3 is 0 Å². The Bertz CT molecular complexity index is 419. The number of aryl methyl sites for hydroxylation is 2. The van der Waals surface area contributed by atoms with Gasteiger partial charge in [-0.3, -0.25) is 4.79 Å². The number of rotatable bonds is 2. The van der Waals surface area contributed by atoms with Crippen LogP contribution in [-0.2, 0) is 4.74 Å². The van der Waals surface area contributed by atoms with E-state index in [4.69, 9.17) is 4.74 Å². The molecule has 2 heteroatoms. The Balaban J connectivity index is 2.24. The minimum absolute atomic E-state index is 0.100. The first-order valence-corrected chi connectivity index (χ1v) is 5.21. The van der Waals surface area contributed by atoms with Gasteiger partial charge in [0.25, 0.3) is 0 Å². The van der Waals surface area contributed by atoms with Gasteiger partial charge in [-0.1, -0.05) is 12.1 Å². The molecule has 0 bridgehead atoms. The number of hydrogen-bond acceptors (Lipinski definition) is 2. The molecule has 1 saturated heterocycles. The smallest absolute Gasteiger partial charge is 0.194 e. The Hall–Kier alpha value is -1.15. The predicted octanol–water partition coefficient (Wildman–Crippen LogP) is 2.66. The second-order valence-electron chi connectivity index (χ2n) is 4.76. The standard InChI is InChI=1S/C13H16O2/c1-8-5-6-10(7-9(8)2)11(14)12-13(3,4)15-12/h5-7,12H,1-4H3. The maximum absolute atomic E-state index is 12.0. The average Bonchev–Trinajstić information content (AvgIpc) is 2.79. The summed E-state index contributed by atoms with van der Waals surface area (Å²) in [6.07, 6.45) is -0.250. The summed E-state index contributed by atoms with van der Waals surface area (Å²) in [4.78, 5) is 12.0.